The van der Waals surface area contributed by atoms with Crippen LogP contribution in [0.15, 0.2) is 6.20 Å². The van der Waals surface area contributed by atoms with Crippen molar-refractivity contribution < 1.29 is 0 Å². The van der Waals surface area contributed by atoms with Gasteiger partial charge in [-0.1, -0.05) is 0 Å². The minimum absolute atomic E-state index is 0.494. The third-order valence-corrected chi connectivity index (χ3v) is 4.67. The van der Waals surface area contributed by atoms with Crippen LogP contribution in [-0.2, 0) is 7.05 Å². The number of aryl methyl sites for hydroxylation is 2. The fourth-order valence-electron chi connectivity index (χ4n) is 3.26. The summed E-state index contributed by atoms with van der Waals surface area (Å²) in [5, 5.41) is 5.32. The highest BCUT2D eigenvalue weighted by atomic mass is 15.4. The molecule has 3 rings (SSSR count). The summed E-state index contributed by atoms with van der Waals surface area (Å²) in [6, 6.07) is 0.989. The summed E-state index contributed by atoms with van der Waals surface area (Å²) >= 11 is 0. The van der Waals surface area contributed by atoms with E-state index in [9.17, 15) is 0 Å². The highest BCUT2D eigenvalue weighted by molar-refractivity contribution is 5.86. The third kappa shape index (κ3) is 2.66. The number of nitrogens with zero attached hydrogens (tertiary/aromatic N) is 5. The second kappa shape index (κ2) is 5.81. The summed E-state index contributed by atoms with van der Waals surface area (Å²) < 4.78 is 1.80. The van der Waals surface area contributed by atoms with Gasteiger partial charge in [0, 0.05) is 32.7 Å². The predicted molar refractivity (Wildman–Crippen MR) is 87.6 cm³/mol. The lowest BCUT2D eigenvalue weighted by Crippen LogP contribution is -2.30. The lowest BCUT2D eigenvalue weighted by Gasteiger charge is -2.24. The van der Waals surface area contributed by atoms with Crippen LogP contribution in [0.25, 0.3) is 11.0 Å². The lowest BCUT2D eigenvalue weighted by molar-refractivity contribution is 0.416. The van der Waals surface area contributed by atoms with Crippen LogP contribution < -0.4 is 15.8 Å². The Labute approximate surface area is 131 Å². The number of rotatable bonds is 4. The first-order chi connectivity index (χ1) is 10.5. The van der Waals surface area contributed by atoms with Gasteiger partial charge in [0.25, 0.3) is 0 Å². The quantitative estimate of drug-likeness (QED) is 0.878. The largest absolute Gasteiger partial charge is 0.359 e. The van der Waals surface area contributed by atoms with Gasteiger partial charge in [-0.05, 0) is 33.1 Å². The summed E-state index contributed by atoms with van der Waals surface area (Å²) in [6.45, 7) is 7.35. The highest BCUT2D eigenvalue weighted by Gasteiger charge is 2.29. The monoisotopic (exact) mass is 303 g/mol. The average Bonchev–Trinajstić information content (AvgIpc) is 3.00. The first-order valence-electron chi connectivity index (χ1n) is 7.86. The summed E-state index contributed by atoms with van der Waals surface area (Å²) in [6.07, 6.45) is 2.97. The standard InChI is InChI=1S/C15H25N7/c1-9-12(10(2)20-19-9)6-7-21(4)14-13-8-16-22(5)15(13)18-11(3)17-14/h8-10,12,19-20H,6-7H2,1-5H3. The number of anilines is 1. The van der Waals surface area contributed by atoms with E-state index in [1.165, 1.54) is 0 Å². The molecule has 2 aromatic heterocycles. The molecular weight excluding hydrogens is 278 g/mol. The van der Waals surface area contributed by atoms with Crippen molar-refractivity contribution in [2.75, 3.05) is 18.5 Å². The van der Waals surface area contributed by atoms with Crippen molar-refractivity contribution in [3.8, 4) is 0 Å². The number of hydrogen-bond acceptors (Lipinski definition) is 6. The van der Waals surface area contributed by atoms with E-state index in [0.29, 0.717) is 18.0 Å². The molecule has 7 nitrogen and oxygen atoms in total. The van der Waals surface area contributed by atoms with Crippen LogP contribution in [0.1, 0.15) is 26.1 Å². The maximum absolute atomic E-state index is 4.63. The third-order valence-electron chi connectivity index (χ3n) is 4.67. The molecular formula is C15H25N7. The Hall–Kier alpha value is -1.73. The summed E-state index contributed by atoms with van der Waals surface area (Å²) in [5.74, 6) is 2.37. The van der Waals surface area contributed by atoms with Gasteiger partial charge in [0.05, 0.1) is 11.6 Å². The Bertz CT molecular complexity index is 655. The van der Waals surface area contributed by atoms with E-state index in [2.05, 4.69) is 51.7 Å². The SMILES string of the molecule is Cc1nc(N(C)CCC2C(C)NNC2C)c2cnn(C)c2n1. The molecule has 1 aliphatic rings. The maximum Gasteiger partial charge on any atom is 0.163 e. The van der Waals surface area contributed by atoms with Crippen LogP contribution in [0.2, 0.25) is 0 Å². The second-order valence-electron chi connectivity index (χ2n) is 6.34. The van der Waals surface area contributed by atoms with Crippen molar-refractivity contribution in [1.29, 1.82) is 0 Å². The fourth-order valence-corrected chi connectivity index (χ4v) is 3.26. The molecule has 3 heterocycles. The van der Waals surface area contributed by atoms with Gasteiger partial charge in [0.2, 0.25) is 0 Å². The molecule has 2 unspecified atom stereocenters. The minimum Gasteiger partial charge on any atom is -0.359 e. The van der Waals surface area contributed by atoms with E-state index < -0.39 is 0 Å². The average molecular weight is 303 g/mol. The molecule has 0 aliphatic carbocycles. The van der Waals surface area contributed by atoms with Gasteiger partial charge in [-0.3, -0.25) is 15.5 Å². The number of hydrogen-bond donors (Lipinski definition) is 2. The van der Waals surface area contributed by atoms with Crippen LogP contribution >= 0.6 is 0 Å². The molecule has 0 saturated carbocycles. The van der Waals surface area contributed by atoms with E-state index in [1.807, 2.05) is 20.2 Å². The lowest BCUT2D eigenvalue weighted by atomic mass is 9.93. The van der Waals surface area contributed by atoms with Crippen molar-refractivity contribution in [3.05, 3.63) is 12.0 Å². The molecule has 0 spiro atoms. The van der Waals surface area contributed by atoms with Crippen molar-refractivity contribution in [3.63, 3.8) is 0 Å². The predicted octanol–water partition coefficient (Wildman–Crippen LogP) is 0.999. The molecule has 0 aromatic carbocycles. The molecule has 0 radical (unpaired) electrons. The van der Waals surface area contributed by atoms with E-state index in [0.717, 1.165) is 35.6 Å². The van der Waals surface area contributed by atoms with Crippen LogP contribution in [0.3, 0.4) is 0 Å². The number of nitrogens with one attached hydrogen (secondary N) is 2. The number of fused-ring (bicyclic) bond motifs is 1. The summed E-state index contributed by atoms with van der Waals surface area (Å²) in [4.78, 5) is 11.3. The second-order valence-corrected chi connectivity index (χ2v) is 6.34. The van der Waals surface area contributed by atoms with Gasteiger partial charge in [-0.15, -0.1) is 0 Å². The van der Waals surface area contributed by atoms with Crippen LogP contribution in [-0.4, -0.2) is 45.4 Å². The van der Waals surface area contributed by atoms with Gasteiger partial charge in [-0.25, -0.2) is 9.97 Å². The summed E-state index contributed by atoms with van der Waals surface area (Å²) in [7, 11) is 4.01. The number of aromatic nitrogens is 4. The van der Waals surface area contributed by atoms with E-state index >= 15 is 0 Å². The molecule has 1 fully saturated rings. The Morgan fingerprint density at radius 2 is 1.91 bits per heavy atom. The van der Waals surface area contributed by atoms with Gasteiger partial charge in [0.1, 0.15) is 11.6 Å². The molecule has 2 aromatic rings. The van der Waals surface area contributed by atoms with Crippen LogP contribution in [0, 0.1) is 12.8 Å². The Kier molecular flexibility index (Phi) is 4.01. The molecule has 1 aliphatic heterocycles. The number of hydrazine groups is 1. The van der Waals surface area contributed by atoms with E-state index in [1.54, 1.807) is 4.68 Å². The van der Waals surface area contributed by atoms with Crippen molar-refractivity contribution >= 4 is 16.9 Å². The first-order valence-corrected chi connectivity index (χ1v) is 7.86. The first kappa shape index (κ1) is 15.2. The van der Waals surface area contributed by atoms with Crippen molar-refractivity contribution in [1.82, 2.24) is 30.6 Å². The Morgan fingerprint density at radius 1 is 1.23 bits per heavy atom. The van der Waals surface area contributed by atoms with Gasteiger partial charge in [-0.2, -0.15) is 5.10 Å². The van der Waals surface area contributed by atoms with Crippen LogP contribution in [0.4, 0.5) is 5.82 Å². The van der Waals surface area contributed by atoms with E-state index in [4.69, 9.17) is 0 Å². The maximum atomic E-state index is 4.63. The van der Waals surface area contributed by atoms with Gasteiger partial charge < -0.3 is 4.90 Å². The highest BCUT2D eigenvalue weighted by Crippen LogP contribution is 2.24. The molecule has 22 heavy (non-hydrogen) atoms. The Balaban J connectivity index is 1.79. The zero-order valence-electron chi connectivity index (χ0n) is 14.0. The molecule has 2 atom stereocenters. The molecule has 7 heteroatoms. The van der Waals surface area contributed by atoms with Gasteiger partial charge in [0.15, 0.2) is 5.65 Å². The smallest absolute Gasteiger partial charge is 0.163 e. The van der Waals surface area contributed by atoms with Gasteiger partial charge >= 0.3 is 0 Å². The summed E-state index contributed by atoms with van der Waals surface area (Å²) in [5.41, 5.74) is 7.52. The molecule has 1 saturated heterocycles. The topological polar surface area (TPSA) is 70.9 Å². The fraction of sp³-hybridized carbons (Fsp3) is 0.667. The van der Waals surface area contributed by atoms with E-state index in [-0.39, 0.29) is 0 Å². The molecule has 120 valence electrons. The van der Waals surface area contributed by atoms with Crippen molar-refractivity contribution in [2.24, 2.45) is 13.0 Å². The minimum atomic E-state index is 0.494. The molecule has 2 N–H and O–H groups in total. The van der Waals surface area contributed by atoms with Crippen molar-refractivity contribution in [2.45, 2.75) is 39.3 Å². The molecule has 0 bridgehead atoms. The zero-order chi connectivity index (χ0) is 15.9. The normalized spacial score (nSPS) is 25.0. The zero-order valence-corrected chi connectivity index (χ0v) is 14.0. The van der Waals surface area contributed by atoms with Crippen LogP contribution in [0.5, 0.6) is 0 Å². The molecule has 0 amide bonds. The Morgan fingerprint density at radius 3 is 2.59 bits per heavy atom.